The molecule has 0 aliphatic carbocycles. The Labute approximate surface area is 226 Å². The summed E-state index contributed by atoms with van der Waals surface area (Å²) in [4.78, 5) is 63.3. The molecule has 1 aromatic carbocycles. The highest BCUT2D eigenvalue weighted by Crippen LogP contribution is 2.46. The molecule has 4 rings (SSSR count). The van der Waals surface area contributed by atoms with Gasteiger partial charge in [0, 0.05) is 4.90 Å². The molecular formula is C22H17N3O8S4. The van der Waals surface area contributed by atoms with Crippen molar-refractivity contribution in [3.63, 3.8) is 0 Å². The van der Waals surface area contributed by atoms with Crippen LogP contribution in [0.1, 0.15) is 5.56 Å². The van der Waals surface area contributed by atoms with Crippen LogP contribution in [-0.4, -0.2) is 66.0 Å². The van der Waals surface area contributed by atoms with Gasteiger partial charge < -0.3 is 20.2 Å². The number of thioether (sulfide) groups is 2. The quantitative estimate of drug-likeness (QED) is 0.395. The first-order valence-corrected chi connectivity index (χ1v) is 13.2. The molecule has 3 heterocycles. The van der Waals surface area contributed by atoms with Crippen molar-refractivity contribution in [3.05, 3.63) is 54.4 Å². The first kappa shape index (κ1) is 26.7. The molecule has 2 aliphatic rings. The summed E-state index contributed by atoms with van der Waals surface area (Å²) in [7, 11) is 0. The van der Waals surface area contributed by atoms with Crippen LogP contribution in [0.2, 0.25) is 0 Å². The summed E-state index contributed by atoms with van der Waals surface area (Å²) < 4.78 is 1.06. The minimum atomic E-state index is -1.31. The number of allylic oxidation sites excluding steroid dienone is 1. The van der Waals surface area contributed by atoms with Crippen molar-refractivity contribution in [3.8, 4) is 0 Å². The number of nitrogens with zero attached hydrogens (tertiary/aromatic N) is 3. The number of hydrogen-bond acceptors (Lipinski definition) is 10. The number of benzene rings is 1. The Hall–Kier alpha value is -3.40. The average molecular weight is 580 g/mol. The minimum absolute atomic E-state index is 0.0162. The number of rotatable bonds is 7. The summed E-state index contributed by atoms with van der Waals surface area (Å²) in [6, 6.07) is 5.64. The number of hydrogen-bond donors (Lipinski definition) is 3. The second-order valence-electron chi connectivity index (χ2n) is 7.76. The lowest BCUT2D eigenvalue weighted by atomic mass is 10.2. The van der Waals surface area contributed by atoms with Gasteiger partial charge in [-0.25, -0.2) is 0 Å². The number of aryl methyl sites for hydroxylation is 1. The number of carbonyl (C=O) groups is 4. The number of carboxylic acids is 3. The van der Waals surface area contributed by atoms with Crippen molar-refractivity contribution in [2.75, 3.05) is 18.0 Å². The molecule has 1 fully saturated rings. The van der Waals surface area contributed by atoms with Crippen molar-refractivity contribution < 1.29 is 34.5 Å². The van der Waals surface area contributed by atoms with Crippen molar-refractivity contribution in [1.29, 1.82) is 0 Å². The SMILES string of the molecule is Cc1ccc2c(c1)N(CC(=O)O)C(=CC=c1sc(=C3SC(=S)N(CC(=O)O)C3=O)n(CC(=O)O)c1=O)S2. The fourth-order valence-corrected chi connectivity index (χ4v) is 7.06. The number of fused-ring (bicyclic) bond motifs is 1. The largest absolute Gasteiger partial charge is 0.480 e. The molecule has 1 aromatic heterocycles. The number of thiazole rings is 1. The lowest BCUT2D eigenvalue weighted by Crippen LogP contribution is -2.36. The van der Waals surface area contributed by atoms with Gasteiger partial charge in [-0.2, -0.15) is 0 Å². The second kappa shape index (κ2) is 10.5. The average Bonchev–Trinajstić information content (AvgIpc) is 3.39. The van der Waals surface area contributed by atoms with E-state index in [9.17, 15) is 34.2 Å². The van der Waals surface area contributed by atoms with Gasteiger partial charge in [0.1, 0.15) is 33.5 Å². The smallest absolute Gasteiger partial charge is 0.323 e. The van der Waals surface area contributed by atoms with Gasteiger partial charge in [0.15, 0.2) is 0 Å². The van der Waals surface area contributed by atoms with E-state index >= 15 is 0 Å². The number of anilines is 1. The van der Waals surface area contributed by atoms with Crippen molar-refractivity contribution in [2.24, 2.45) is 0 Å². The summed E-state index contributed by atoms with van der Waals surface area (Å²) in [5.41, 5.74) is 1.01. The van der Waals surface area contributed by atoms with Gasteiger partial charge >= 0.3 is 17.9 Å². The molecule has 37 heavy (non-hydrogen) atoms. The standard InChI is InChI=1S/C22H17N3O8S4/c1-10-2-3-12-11(6-10)23(7-15(26)27)14(35-12)5-4-13-19(32)24(8-16(28)29)21(36-13)18-20(33)25(9-17(30)31)22(34)37-18/h2-6H,7-9H2,1H3,(H,26,27)(H,28,29)(H,30,31). The molecule has 1 saturated heterocycles. The van der Waals surface area contributed by atoms with Crippen LogP contribution in [0.15, 0.2) is 39.0 Å². The van der Waals surface area contributed by atoms with Gasteiger partial charge in [0.25, 0.3) is 11.5 Å². The molecular weight excluding hydrogens is 563 g/mol. The highest BCUT2D eigenvalue weighted by molar-refractivity contribution is 8.30. The van der Waals surface area contributed by atoms with E-state index in [1.54, 1.807) is 11.0 Å². The molecule has 2 aliphatic heterocycles. The maximum absolute atomic E-state index is 13.1. The highest BCUT2D eigenvalue weighted by atomic mass is 32.2. The second-order valence-corrected chi connectivity index (χ2v) is 11.5. The Kier molecular flexibility index (Phi) is 7.59. The number of aromatic nitrogens is 1. The Morgan fingerprint density at radius 2 is 1.59 bits per heavy atom. The summed E-state index contributed by atoms with van der Waals surface area (Å²) in [5, 5.41) is 28.4. The van der Waals surface area contributed by atoms with Crippen LogP contribution in [0.3, 0.4) is 0 Å². The fraction of sp³-hybridized carbons (Fsp3) is 0.182. The summed E-state index contributed by atoms with van der Waals surface area (Å²) >= 11 is 8.10. The molecule has 1 amide bonds. The van der Waals surface area contributed by atoms with E-state index in [0.29, 0.717) is 5.03 Å². The molecule has 0 atom stereocenters. The zero-order valence-electron chi connectivity index (χ0n) is 18.9. The Bertz CT molecular complexity index is 1590. The lowest BCUT2D eigenvalue weighted by Gasteiger charge is -2.17. The molecule has 192 valence electrons. The molecule has 0 unspecified atom stereocenters. The summed E-state index contributed by atoms with van der Waals surface area (Å²) in [6.45, 7) is 0.203. The number of carbonyl (C=O) groups excluding carboxylic acids is 1. The summed E-state index contributed by atoms with van der Waals surface area (Å²) in [6.07, 6.45) is 3.02. The van der Waals surface area contributed by atoms with E-state index in [2.05, 4.69) is 0 Å². The van der Waals surface area contributed by atoms with Gasteiger partial charge in [-0.1, -0.05) is 41.8 Å². The van der Waals surface area contributed by atoms with Gasteiger partial charge in [-0.05, 0) is 36.8 Å². The Morgan fingerprint density at radius 1 is 0.946 bits per heavy atom. The zero-order valence-corrected chi connectivity index (χ0v) is 22.1. The third kappa shape index (κ3) is 5.49. The lowest BCUT2D eigenvalue weighted by molar-refractivity contribution is -0.140. The number of aliphatic carboxylic acids is 3. The topological polar surface area (TPSA) is 157 Å². The van der Waals surface area contributed by atoms with Crippen molar-refractivity contribution in [1.82, 2.24) is 9.47 Å². The van der Waals surface area contributed by atoms with Crippen LogP contribution in [-0.2, 0) is 25.7 Å². The molecule has 0 saturated carbocycles. The minimum Gasteiger partial charge on any atom is -0.480 e. The molecule has 2 aromatic rings. The van der Waals surface area contributed by atoms with E-state index in [1.807, 2.05) is 25.1 Å². The fourth-order valence-electron chi connectivity index (χ4n) is 3.56. The van der Waals surface area contributed by atoms with Crippen LogP contribution >= 0.6 is 47.1 Å². The normalized spacial score (nSPS) is 18.2. The van der Waals surface area contributed by atoms with Gasteiger partial charge in [-0.3, -0.25) is 33.4 Å². The van der Waals surface area contributed by atoms with Crippen LogP contribution in [0, 0.1) is 6.92 Å². The van der Waals surface area contributed by atoms with Gasteiger partial charge in [0.2, 0.25) is 0 Å². The monoisotopic (exact) mass is 579 g/mol. The molecule has 0 spiro atoms. The Morgan fingerprint density at radius 3 is 2.24 bits per heavy atom. The maximum atomic E-state index is 13.1. The van der Waals surface area contributed by atoms with Gasteiger partial charge in [0.05, 0.1) is 15.2 Å². The first-order chi connectivity index (χ1) is 17.5. The van der Waals surface area contributed by atoms with E-state index in [0.717, 1.165) is 48.7 Å². The first-order valence-electron chi connectivity index (χ1n) is 10.4. The van der Waals surface area contributed by atoms with E-state index in [4.69, 9.17) is 17.3 Å². The number of thiocarbonyl (C=S) groups is 1. The molecule has 0 bridgehead atoms. The molecule has 11 nitrogen and oxygen atoms in total. The van der Waals surface area contributed by atoms with Crippen LogP contribution in [0.4, 0.5) is 5.69 Å². The predicted molar refractivity (Wildman–Crippen MR) is 143 cm³/mol. The number of carboxylic acid groups (broad SMARTS) is 3. The van der Waals surface area contributed by atoms with E-state index in [-0.39, 0.29) is 25.0 Å². The molecule has 0 radical (unpaired) electrons. The van der Waals surface area contributed by atoms with Crippen LogP contribution in [0.25, 0.3) is 11.0 Å². The third-order valence-corrected chi connectivity index (χ3v) is 8.94. The van der Waals surface area contributed by atoms with Crippen LogP contribution in [0.5, 0.6) is 0 Å². The maximum Gasteiger partial charge on any atom is 0.323 e. The summed E-state index contributed by atoms with van der Waals surface area (Å²) in [5.74, 6) is -4.36. The van der Waals surface area contributed by atoms with Crippen molar-refractivity contribution >= 4 is 91.9 Å². The highest BCUT2D eigenvalue weighted by Gasteiger charge is 2.35. The Balaban J connectivity index is 1.84. The zero-order chi connectivity index (χ0) is 27.0. The van der Waals surface area contributed by atoms with E-state index in [1.165, 1.54) is 17.8 Å². The van der Waals surface area contributed by atoms with E-state index < -0.39 is 42.5 Å². The van der Waals surface area contributed by atoms with Gasteiger partial charge in [-0.15, -0.1) is 11.3 Å². The third-order valence-electron chi connectivity index (χ3n) is 5.09. The predicted octanol–water partition coefficient (Wildman–Crippen LogP) is 0.675. The molecule has 3 N–H and O–H groups in total. The van der Waals surface area contributed by atoms with Crippen molar-refractivity contribution in [2.45, 2.75) is 18.4 Å². The van der Waals surface area contributed by atoms with Crippen LogP contribution < -0.4 is 19.7 Å². The number of amides is 1. The molecule has 15 heteroatoms.